The summed E-state index contributed by atoms with van der Waals surface area (Å²) in [7, 11) is 0. The number of nitro groups is 1. The normalized spacial score (nSPS) is 22.1. The Morgan fingerprint density at radius 3 is 2.52 bits per heavy atom. The number of fused-ring (bicyclic) bond motifs is 1. The Hall–Kier alpha value is -2.97. The zero-order valence-electron chi connectivity index (χ0n) is 14.1. The number of benzene rings is 1. The van der Waals surface area contributed by atoms with E-state index in [-0.39, 0.29) is 30.1 Å². The highest BCUT2D eigenvalue weighted by atomic mass is 16.6. The Balaban J connectivity index is 2.21. The number of likely N-dealkylation sites (tertiary alicyclic amines) is 1. The average molecular weight is 346 g/mol. The van der Waals surface area contributed by atoms with Gasteiger partial charge in [0.05, 0.1) is 4.92 Å². The molecule has 1 atom stereocenters. The third-order valence-electron chi connectivity index (χ3n) is 4.25. The van der Waals surface area contributed by atoms with E-state index in [2.05, 4.69) is 10.6 Å². The second kappa shape index (κ2) is 5.27. The number of rotatable bonds is 3. The summed E-state index contributed by atoms with van der Waals surface area (Å²) in [5, 5.41) is 16.4. The SMILES string of the molecule is CC(C)(C)NC(=O)C1(N2CCC2=O)C(=O)Nc2ccc([N+](=O)[O-])cc21. The van der Waals surface area contributed by atoms with Crippen molar-refractivity contribution in [3.63, 3.8) is 0 Å². The van der Waals surface area contributed by atoms with Crippen molar-refractivity contribution >= 4 is 29.1 Å². The first-order chi connectivity index (χ1) is 11.6. The molecule has 1 unspecified atom stereocenters. The van der Waals surface area contributed by atoms with Gasteiger partial charge in [0.1, 0.15) is 0 Å². The highest BCUT2D eigenvalue weighted by Gasteiger charge is 2.61. The molecule has 2 aliphatic heterocycles. The Morgan fingerprint density at radius 1 is 1.36 bits per heavy atom. The van der Waals surface area contributed by atoms with Crippen molar-refractivity contribution < 1.29 is 19.3 Å². The fourth-order valence-corrected chi connectivity index (χ4v) is 3.11. The van der Waals surface area contributed by atoms with Crippen LogP contribution < -0.4 is 10.6 Å². The fourth-order valence-electron chi connectivity index (χ4n) is 3.11. The fraction of sp³-hybridized carbons (Fsp3) is 0.438. The number of hydrogen-bond donors (Lipinski definition) is 2. The van der Waals surface area contributed by atoms with Gasteiger partial charge in [-0.3, -0.25) is 24.5 Å². The molecule has 0 bridgehead atoms. The number of hydrogen-bond acceptors (Lipinski definition) is 5. The predicted octanol–water partition coefficient (Wildman–Crippen LogP) is 0.889. The monoisotopic (exact) mass is 346 g/mol. The molecule has 1 saturated heterocycles. The van der Waals surface area contributed by atoms with Crippen LogP contribution in [0, 0.1) is 10.1 Å². The van der Waals surface area contributed by atoms with E-state index in [1.807, 2.05) is 0 Å². The first-order valence-electron chi connectivity index (χ1n) is 7.81. The third-order valence-corrected chi connectivity index (χ3v) is 4.25. The maximum absolute atomic E-state index is 13.1. The van der Waals surface area contributed by atoms with Crippen molar-refractivity contribution in [3.8, 4) is 0 Å². The van der Waals surface area contributed by atoms with Gasteiger partial charge in [-0.05, 0) is 26.8 Å². The van der Waals surface area contributed by atoms with E-state index in [4.69, 9.17) is 0 Å². The molecule has 1 aromatic rings. The maximum Gasteiger partial charge on any atom is 0.269 e. The zero-order chi connectivity index (χ0) is 18.6. The minimum absolute atomic E-state index is 0.126. The molecular formula is C16H18N4O5. The molecule has 0 spiro atoms. The molecule has 3 rings (SSSR count). The lowest BCUT2D eigenvalue weighted by molar-refractivity contribution is -0.384. The standard InChI is InChI=1S/C16H18N4O5/c1-15(2,3)18-14(23)16(19-7-6-12(19)21)10-8-9(20(24)25)4-5-11(10)17-13(16)22/h4-5,8H,6-7H2,1-3H3,(H,17,22)(H,18,23). The molecule has 1 aromatic carbocycles. The Bertz CT molecular complexity index is 813. The van der Waals surface area contributed by atoms with Crippen molar-refractivity contribution in [2.45, 2.75) is 38.3 Å². The molecule has 3 amide bonds. The van der Waals surface area contributed by atoms with Gasteiger partial charge in [-0.25, -0.2) is 0 Å². The van der Waals surface area contributed by atoms with Crippen molar-refractivity contribution in [2.24, 2.45) is 0 Å². The van der Waals surface area contributed by atoms with Crippen LogP contribution in [-0.2, 0) is 19.9 Å². The lowest BCUT2D eigenvalue weighted by Crippen LogP contribution is -2.67. The number of amides is 3. The van der Waals surface area contributed by atoms with E-state index in [1.54, 1.807) is 20.8 Å². The Labute approximate surface area is 143 Å². The molecule has 2 aliphatic rings. The van der Waals surface area contributed by atoms with E-state index >= 15 is 0 Å². The van der Waals surface area contributed by atoms with Crippen molar-refractivity contribution in [2.75, 3.05) is 11.9 Å². The maximum atomic E-state index is 13.1. The van der Waals surface area contributed by atoms with E-state index < -0.39 is 27.8 Å². The van der Waals surface area contributed by atoms with Crippen molar-refractivity contribution in [1.82, 2.24) is 10.2 Å². The van der Waals surface area contributed by atoms with Crippen LogP contribution in [0.15, 0.2) is 18.2 Å². The van der Waals surface area contributed by atoms with Crippen LogP contribution >= 0.6 is 0 Å². The van der Waals surface area contributed by atoms with Gasteiger partial charge in [-0.15, -0.1) is 0 Å². The molecule has 9 heteroatoms. The minimum atomic E-state index is -1.93. The van der Waals surface area contributed by atoms with Gasteiger partial charge in [0.2, 0.25) is 11.4 Å². The van der Waals surface area contributed by atoms with Crippen LogP contribution in [0.3, 0.4) is 0 Å². The van der Waals surface area contributed by atoms with Gasteiger partial charge in [-0.1, -0.05) is 0 Å². The number of carbonyl (C=O) groups is 3. The summed E-state index contributed by atoms with van der Waals surface area (Å²) in [6.45, 7) is 5.47. The van der Waals surface area contributed by atoms with Crippen LogP contribution in [0.1, 0.15) is 32.8 Å². The minimum Gasteiger partial charge on any atom is -0.349 e. The smallest absolute Gasteiger partial charge is 0.269 e. The van der Waals surface area contributed by atoms with Crippen LogP contribution in [0.2, 0.25) is 0 Å². The lowest BCUT2D eigenvalue weighted by Gasteiger charge is -2.44. The number of anilines is 1. The Morgan fingerprint density at radius 2 is 2.04 bits per heavy atom. The third kappa shape index (κ3) is 2.43. The van der Waals surface area contributed by atoms with Gasteiger partial charge in [0.15, 0.2) is 0 Å². The quantitative estimate of drug-likeness (QED) is 0.364. The summed E-state index contributed by atoms with van der Waals surface area (Å²) >= 11 is 0. The topological polar surface area (TPSA) is 122 Å². The zero-order valence-corrected chi connectivity index (χ0v) is 14.1. The second-order valence-electron chi connectivity index (χ2n) is 7.15. The van der Waals surface area contributed by atoms with Gasteiger partial charge < -0.3 is 15.5 Å². The summed E-state index contributed by atoms with van der Waals surface area (Å²) < 4.78 is 0. The summed E-state index contributed by atoms with van der Waals surface area (Å²) in [4.78, 5) is 49.7. The van der Waals surface area contributed by atoms with E-state index in [0.29, 0.717) is 5.69 Å². The number of nitro benzene ring substituents is 1. The van der Waals surface area contributed by atoms with Crippen molar-refractivity contribution in [3.05, 3.63) is 33.9 Å². The molecule has 0 radical (unpaired) electrons. The van der Waals surface area contributed by atoms with E-state index in [0.717, 1.165) is 0 Å². The molecule has 0 saturated carbocycles. The van der Waals surface area contributed by atoms with Crippen LogP contribution in [0.4, 0.5) is 11.4 Å². The summed E-state index contributed by atoms with van der Waals surface area (Å²) in [6.07, 6.45) is 0.224. The number of nitrogens with one attached hydrogen (secondary N) is 2. The van der Waals surface area contributed by atoms with Gasteiger partial charge in [0.25, 0.3) is 17.5 Å². The molecule has 25 heavy (non-hydrogen) atoms. The number of nitrogens with zero attached hydrogens (tertiary/aromatic N) is 2. The highest BCUT2D eigenvalue weighted by Crippen LogP contribution is 2.45. The number of β-lactam (4-membered cyclic amide) rings is 1. The highest BCUT2D eigenvalue weighted by molar-refractivity contribution is 6.22. The molecule has 2 N–H and O–H groups in total. The summed E-state index contributed by atoms with van der Waals surface area (Å²) in [6, 6.07) is 3.80. The summed E-state index contributed by atoms with van der Waals surface area (Å²) in [5.74, 6) is -1.71. The molecule has 0 aromatic heterocycles. The summed E-state index contributed by atoms with van der Waals surface area (Å²) in [5.41, 5.74) is -2.41. The molecule has 2 heterocycles. The van der Waals surface area contributed by atoms with Gasteiger partial charge >= 0.3 is 0 Å². The first kappa shape index (κ1) is 16.9. The number of carbonyl (C=O) groups excluding carboxylic acids is 3. The number of non-ortho nitro benzene ring substituents is 1. The first-order valence-corrected chi connectivity index (χ1v) is 7.81. The van der Waals surface area contributed by atoms with E-state index in [1.165, 1.54) is 23.1 Å². The average Bonchev–Trinajstić information content (AvgIpc) is 2.76. The lowest BCUT2D eigenvalue weighted by atomic mass is 9.84. The van der Waals surface area contributed by atoms with Gasteiger partial charge in [0, 0.05) is 41.9 Å². The van der Waals surface area contributed by atoms with Crippen LogP contribution in [0.5, 0.6) is 0 Å². The molecule has 9 nitrogen and oxygen atoms in total. The Kier molecular flexibility index (Phi) is 3.55. The largest absolute Gasteiger partial charge is 0.349 e. The van der Waals surface area contributed by atoms with Crippen LogP contribution in [-0.4, -0.2) is 39.6 Å². The molecule has 1 fully saturated rings. The second-order valence-corrected chi connectivity index (χ2v) is 7.15. The molecular weight excluding hydrogens is 328 g/mol. The van der Waals surface area contributed by atoms with Crippen LogP contribution in [0.25, 0.3) is 0 Å². The van der Waals surface area contributed by atoms with E-state index in [9.17, 15) is 24.5 Å². The molecule has 132 valence electrons. The van der Waals surface area contributed by atoms with Gasteiger partial charge in [-0.2, -0.15) is 0 Å². The predicted molar refractivity (Wildman–Crippen MR) is 87.6 cm³/mol. The van der Waals surface area contributed by atoms with Crippen molar-refractivity contribution in [1.29, 1.82) is 0 Å². The molecule has 0 aliphatic carbocycles.